The molecule has 3 rings (SSSR count). The SMILES string of the molecule is O=C(Nc1cc(N2CCCC2=O)ccc1Cl)c1ccc(Cl)c([N+](=O)[O-])c1. The van der Waals surface area contributed by atoms with Crippen molar-refractivity contribution in [2.24, 2.45) is 0 Å². The zero-order chi connectivity index (χ0) is 18.8. The van der Waals surface area contributed by atoms with Crippen LogP contribution in [0.3, 0.4) is 0 Å². The standard InChI is InChI=1S/C17H13Cl2N3O4/c18-12-6-4-11(21-7-1-2-16(21)23)9-14(12)20-17(24)10-3-5-13(19)15(8-10)22(25)26/h3-6,8-9H,1-2,7H2,(H,20,24). The topological polar surface area (TPSA) is 92.6 Å². The molecule has 2 amide bonds. The maximum Gasteiger partial charge on any atom is 0.288 e. The Kier molecular flexibility index (Phi) is 5.11. The van der Waals surface area contributed by atoms with Crippen LogP contribution in [0, 0.1) is 10.1 Å². The lowest BCUT2D eigenvalue weighted by atomic mass is 10.1. The summed E-state index contributed by atoms with van der Waals surface area (Å²) in [6.45, 7) is 0.608. The Hall–Kier alpha value is -2.64. The molecular formula is C17H13Cl2N3O4. The number of carbonyl (C=O) groups excluding carboxylic acids is 2. The van der Waals surface area contributed by atoms with E-state index < -0.39 is 10.8 Å². The number of rotatable bonds is 4. The molecule has 0 bridgehead atoms. The van der Waals surface area contributed by atoms with Crippen molar-refractivity contribution in [3.8, 4) is 0 Å². The molecule has 1 aliphatic rings. The van der Waals surface area contributed by atoms with Crippen LogP contribution in [-0.4, -0.2) is 23.3 Å². The average Bonchev–Trinajstić information content (AvgIpc) is 3.03. The van der Waals surface area contributed by atoms with Crippen LogP contribution < -0.4 is 10.2 Å². The van der Waals surface area contributed by atoms with Gasteiger partial charge < -0.3 is 10.2 Å². The first-order valence-electron chi connectivity index (χ1n) is 7.72. The highest BCUT2D eigenvalue weighted by Gasteiger charge is 2.23. The molecular weight excluding hydrogens is 381 g/mol. The van der Waals surface area contributed by atoms with Gasteiger partial charge in [-0.15, -0.1) is 0 Å². The van der Waals surface area contributed by atoms with Crippen LogP contribution in [0.1, 0.15) is 23.2 Å². The van der Waals surface area contributed by atoms with Gasteiger partial charge in [0.15, 0.2) is 0 Å². The maximum atomic E-state index is 12.4. The number of nitro benzene ring substituents is 1. The van der Waals surface area contributed by atoms with Gasteiger partial charge >= 0.3 is 0 Å². The fourth-order valence-corrected chi connectivity index (χ4v) is 3.04. The van der Waals surface area contributed by atoms with Crippen LogP contribution in [0.4, 0.5) is 17.1 Å². The predicted octanol–water partition coefficient (Wildman–Crippen LogP) is 4.28. The van der Waals surface area contributed by atoms with Gasteiger partial charge in [-0.3, -0.25) is 19.7 Å². The number of nitro groups is 1. The molecule has 7 nitrogen and oxygen atoms in total. The summed E-state index contributed by atoms with van der Waals surface area (Å²) in [5, 5.41) is 13.8. The third-order valence-corrected chi connectivity index (χ3v) is 4.64. The van der Waals surface area contributed by atoms with E-state index in [-0.39, 0.29) is 27.2 Å². The van der Waals surface area contributed by atoms with Crippen LogP contribution in [0.25, 0.3) is 0 Å². The number of benzene rings is 2. The second kappa shape index (κ2) is 7.31. The number of carbonyl (C=O) groups is 2. The number of amides is 2. The van der Waals surface area contributed by atoms with E-state index in [0.717, 1.165) is 12.5 Å². The number of hydrogen-bond acceptors (Lipinski definition) is 4. The summed E-state index contributed by atoms with van der Waals surface area (Å²) in [6.07, 6.45) is 1.26. The van der Waals surface area contributed by atoms with Crippen LogP contribution in [0.5, 0.6) is 0 Å². The van der Waals surface area contributed by atoms with Crippen LogP contribution in [-0.2, 0) is 4.79 Å². The Morgan fingerprint density at radius 3 is 2.54 bits per heavy atom. The van der Waals surface area contributed by atoms with Crippen LogP contribution >= 0.6 is 23.2 Å². The van der Waals surface area contributed by atoms with Gasteiger partial charge in [-0.2, -0.15) is 0 Å². The average molecular weight is 394 g/mol. The highest BCUT2D eigenvalue weighted by atomic mass is 35.5. The fourth-order valence-electron chi connectivity index (χ4n) is 2.69. The summed E-state index contributed by atoms with van der Waals surface area (Å²) in [5.41, 5.74) is 0.655. The number of nitrogens with zero attached hydrogens (tertiary/aromatic N) is 2. The molecule has 1 heterocycles. The van der Waals surface area contributed by atoms with Gasteiger partial charge in [0.25, 0.3) is 11.6 Å². The van der Waals surface area contributed by atoms with Gasteiger partial charge in [0.2, 0.25) is 5.91 Å². The molecule has 9 heteroatoms. The van der Waals surface area contributed by atoms with Crippen molar-refractivity contribution < 1.29 is 14.5 Å². The van der Waals surface area contributed by atoms with E-state index in [1.54, 1.807) is 23.1 Å². The second-order valence-electron chi connectivity index (χ2n) is 5.69. The van der Waals surface area contributed by atoms with Crippen LogP contribution in [0.2, 0.25) is 10.0 Å². The molecule has 1 N–H and O–H groups in total. The first-order chi connectivity index (χ1) is 12.4. The van der Waals surface area contributed by atoms with E-state index in [1.165, 1.54) is 12.1 Å². The molecule has 1 fully saturated rings. The molecule has 0 aliphatic carbocycles. The first-order valence-corrected chi connectivity index (χ1v) is 8.47. The summed E-state index contributed by atoms with van der Waals surface area (Å²) in [5.74, 6) is -0.561. The third kappa shape index (κ3) is 3.63. The van der Waals surface area contributed by atoms with Gasteiger partial charge in [-0.25, -0.2) is 0 Å². The summed E-state index contributed by atoms with van der Waals surface area (Å²) in [6, 6.07) is 8.66. The van der Waals surface area contributed by atoms with E-state index in [2.05, 4.69) is 5.32 Å². The van der Waals surface area contributed by atoms with Crippen LogP contribution in [0.15, 0.2) is 36.4 Å². The smallest absolute Gasteiger partial charge is 0.288 e. The summed E-state index contributed by atoms with van der Waals surface area (Å²) in [4.78, 5) is 36.2. The minimum atomic E-state index is -0.661. The largest absolute Gasteiger partial charge is 0.321 e. The quantitative estimate of drug-likeness (QED) is 0.619. The van der Waals surface area contributed by atoms with Crippen molar-refractivity contribution in [3.05, 3.63) is 62.1 Å². The van der Waals surface area contributed by atoms with Crippen molar-refractivity contribution in [1.82, 2.24) is 0 Å². The molecule has 0 aromatic heterocycles. The molecule has 1 saturated heterocycles. The van der Waals surface area contributed by atoms with Crippen molar-refractivity contribution in [2.45, 2.75) is 12.8 Å². The highest BCUT2D eigenvalue weighted by Crippen LogP contribution is 2.31. The molecule has 1 aliphatic heterocycles. The molecule has 2 aromatic rings. The Morgan fingerprint density at radius 1 is 1.15 bits per heavy atom. The van der Waals surface area contributed by atoms with Crippen molar-refractivity contribution in [3.63, 3.8) is 0 Å². The molecule has 0 radical (unpaired) electrons. The molecule has 0 atom stereocenters. The summed E-state index contributed by atoms with van der Waals surface area (Å²) in [7, 11) is 0. The number of anilines is 2. The fraction of sp³-hybridized carbons (Fsp3) is 0.176. The lowest BCUT2D eigenvalue weighted by Crippen LogP contribution is -2.23. The monoisotopic (exact) mass is 393 g/mol. The van der Waals surface area contributed by atoms with Gasteiger partial charge in [0.1, 0.15) is 5.02 Å². The molecule has 0 spiro atoms. The minimum absolute atomic E-state index is 0.0120. The Labute approximate surface area is 158 Å². The normalized spacial score (nSPS) is 13.8. The van der Waals surface area contributed by atoms with E-state index in [1.807, 2.05) is 0 Å². The molecule has 0 unspecified atom stereocenters. The lowest BCUT2D eigenvalue weighted by molar-refractivity contribution is -0.384. The second-order valence-corrected chi connectivity index (χ2v) is 6.50. The summed E-state index contributed by atoms with van der Waals surface area (Å²) < 4.78 is 0. The number of nitrogens with one attached hydrogen (secondary N) is 1. The first kappa shape index (κ1) is 18.2. The Morgan fingerprint density at radius 2 is 1.88 bits per heavy atom. The molecule has 134 valence electrons. The molecule has 2 aromatic carbocycles. The predicted molar refractivity (Wildman–Crippen MR) is 99.1 cm³/mol. The lowest BCUT2D eigenvalue weighted by Gasteiger charge is -2.17. The Balaban J connectivity index is 1.86. The van der Waals surface area contributed by atoms with Gasteiger partial charge in [-0.05, 0) is 36.8 Å². The van der Waals surface area contributed by atoms with Gasteiger partial charge in [-0.1, -0.05) is 23.2 Å². The highest BCUT2D eigenvalue weighted by molar-refractivity contribution is 6.34. The van der Waals surface area contributed by atoms with E-state index >= 15 is 0 Å². The van der Waals surface area contributed by atoms with E-state index in [9.17, 15) is 19.7 Å². The van der Waals surface area contributed by atoms with Gasteiger partial charge in [0, 0.05) is 30.3 Å². The zero-order valence-corrected chi connectivity index (χ0v) is 14.9. The number of halogens is 2. The maximum absolute atomic E-state index is 12.4. The molecule has 0 saturated carbocycles. The zero-order valence-electron chi connectivity index (χ0n) is 13.4. The third-order valence-electron chi connectivity index (χ3n) is 3.99. The van der Waals surface area contributed by atoms with E-state index in [4.69, 9.17) is 23.2 Å². The van der Waals surface area contributed by atoms with Crippen molar-refractivity contribution >= 4 is 52.1 Å². The summed E-state index contributed by atoms with van der Waals surface area (Å²) >= 11 is 11.9. The van der Waals surface area contributed by atoms with E-state index in [0.29, 0.717) is 24.3 Å². The van der Waals surface area contributed by atoms with Crippen molar-refractivity contribution in [2.75, 3.05) is 16.8 Å². The van der Waals surface area contributed by atoms with Crippen molar-refractivity contribution in [1.29, 1.82) is 0 Å². The minimum Gasteiger partial charge on any atom is -0.321 e. The number of hydrogen-bond donors (Lipinski definition) is 1. The Bertz CT molecular complexity index is 917. The van der Waals surface area contributed by atoms with Gasteiger partial charge in [0.05, 0.1) is 15.6 Å². The molecule has 26 heavy (non-hydrogen) atoms.